The third-order valence-electron chi connectivity index (χ3n) is 4.90. The van der Waals surface area contributed by atoms with Gasteiger partial charge in [0, 0.05) is 32.7 Å². The van der Waals surface area contributed by atoms with Crippen molar-refractivity contribution in [2.45, 2.75) is 31.9 Å². The first-order valence-electron chi connectivity index (χ1n) is 9.99. The zero-order valence-electron chi connectivity index (χ0n) is 16.6. The summed E-state index contributed by atoms with van der Waals surface area (Å²) in [7, 11) is 1.61. The van der Waals surface area contributed by atoms with E-state index < -0.39 is 6.10 Å². The van der Waals surface area contributed by atoms with Crippen LogP contribution in [0.3, 0.4) is 0 Å². The number of rotatable bonds is 8. The lowest BCUT2D eigenvalue weighted by Crippen LogP contribution is -2.39. The van der Waals surface area contributed by atoms with Crippen LogP contribution in [0.5, 0.6) is 11.5 Å². The van der Waals surface area contributed by atoms with E-state index >= 15 is 0 Å². The van der Waals surface area contributed by atoms with Gasteiger partial charge >= 0.3 is 0 Å². The van der Waals surface area contributed by atoms with Gasteiger partial charge in [-0.25, -0.2) is 0 Å². The minimum atomic E-state index is -0.683. The second-order valence-electron chi connectivity index (χ2n) is 7.29. The van der Waals surface area contributed by atoms with Crippen LogP contribution in [0.25, 0.3) is 0 Å². The molecule has 2 saturated heterocycles. The first-order chi connectivity index (χ1) is 13.6. The quantitative estimate of drug-likeness (QED) is 0.675. The van der Waals surface area contributed by atoms with Gasteiger partial charge in [0.1, 0.15) is 12.7 Å². The molecule has 2 aliphatic heterocycles. The molecule has 2 N–H and O–H groups in total. The fourth-order valence-corrected chi connectivity index (χ4v) is 3.47. The SMILES string of the molecule is COc1cc(CN2CCCCO2)ccc1OCC(O)CN1CCCNC(=O)C1. The number of hydrogen-bond acceptors (Lipinski definition) is 7. The van der Waals surface area contributed by atoms with E-state index in [-0.39, 0.29) is 12.5 Å². The number of methoxy groups -OCH3 is 1. The summed E-state index contributed by atoms with van der Waals surface area (Å²) in [5.74, 6) is 1.23. The number of benzene rings is 1. The third kappa shape index (κ3) is 6.34. The van der Waals surface area contributed by atoms with Crippen LogP contribution >= 0.6 is 0 Å². The number of aliphatic hydroxyl groups is 1. The Morgan fingerprint density at radius 1 is 1.25 bits per heavy atom. The maximum Gasteiger partial charge on any atom is 0.234 e. The normalized spacial score (nSPS) is 20.3. The molecule has 8 heteroatoms. The second kappa shape index (κ2) is 10.6. The van der Waals surface area contributed by atoms with Gasteiger partial charge in [-0.15, -0.1) is 0 Å². The fraction of sp³-hybridized carbons (Fsp3) is 0.650. The molecule has 0 radical (unpaired) electrons. The Bertz CT molecular complexity index is 636. The Morgan fingerprint density at radius 2 is 2.14 bits per heavy atom. The standard InChI is InChI=1S/C20H31N3O5/c1-26-19-11-16(12-23-9-2-3-10-28-23)5-6-18(19)27-15-17(24)13-22-8-4-7-21-20(25)14-22/h5-6,11,17,24H,2-4,7-10,12-15H2,1H3,(H,21,25). The highest BCUT2D eigenvalue weighted by Gasteiger charge is 2.19. The van der Waals surface area contributed by atoms with E-state index in [1.165, 1.54) is 0 Å². The summed E-state index contributed by atoms with van der Waals surface area (Å²) in [6.45, 7) is 4.74. The van der Waals surface area contributed by atoms with Gasteiger partial charge in [0.25, 0.3) is 0 Å². The summed E-state index contributed by atoms with van der Waals surface area (Å²) < 4.78 is 11.2. The molecule has 28 heavy (non-hydrogen) atoms. The van der Waals surface area contributed by atoms with Gasteiger partial charge in [-0.1, -0.05) is 6.07 Å². The van der Waals surface area contributed by atoms with Crippen molar-refractivity contribution in [3.8, 4) is 11.5 Å². The Morgan fingerprint density at radius 3 is 2.93 bits per heavy atom. The number of β-amino-alcohol motifs (C(OH)–C–C–N with tert-alkyl or cyclic N) is 1. The number of carbonyl (C=O) groups excluding carboxylic acids is 1. The average Bonchev–Trinajstić information content (AvgIpc) is 2.91. The summed E-state index contributed by atoms with van der Waals surface area (Å²) in [5, 5.41) is 15.1. The molecule has 0 saturated carbocycles. The van der Waals surface area contributed by atoms with E-state index in [0.29, 0.717) is 37.7 Å². The second-order valence-corrected chi connectivity index (χ2v) is 7.29. The minimum absolute atomic E-state index is 0.000520. The third-order valence-corrected chi connectivity index (χ3v) is 4.90. The number of aliphatic hydroxyl groups excluding tert-OH is 1. The number of hydroxylamine groups is 2. The van der Waals surface area contributed by atoms with Crippen LogP contribution < -0.4 is 14.8 Å². The van der Waals surface area contributed by atoms with Crippen molar-refractivity contribution in [2.75, 3.05) is 53.0 Å². The van der Waals surface area contributed by atoms with Crippen molar-refractivity contribution in [2.24, 2.45) is 0 Å². The maximum atomic E-state index is 11.6. The lowest BCUT2D eigenvalue weighted by Gasteiger charge is -2.26. The molecule has 0 bridgehead atoms. The molecule has 1 aromatic carbocycles. The lowest BCUT2D eigenvalue weighted by atomic mass is 10.2. The Hall–Kier alpha value is -1.87. The maximum absolute atomic E-state index is 11.6. The van der Waals surface area contributed by atoms with Gasteiger partial charge in [-0.05, 0) is 37.0 Å². The lowest BCUT2D eigenvalue weighted by molar-refractivity contribution is -0.187. The molecule has 0 aliphatic carbocycles. The van der Waals surface area contributed by atoms with E-state index in [4.69, 9.17) is 14.3 Å². The predicted molar refractivity (Wildman–Crippen MR) is 104 cm³/mol. The van der Waals surface area contributed by atoms with Gasteiger partial charge in [0.15, 0.2) is 11.5 Å². The molecule has 1 aromatic rings. The summed E-state index contributed by atoms with van der Waals surface area (Å²) in [5.41, 5.74) is 1.09. The predicted octanol–water partition coefficient (Wildman–Crippen LogP) is 0.784. The molecule has 2 aliphatic rings. The van der Waals surface area contributed by atoms with Crippen molar-refractivity contribution in [1.29, 1.82) is 0 Å². The van der Waals surface area contributed by atoms with E-state index in [0.717, 1.165) is 44.5 Å². The van der Waals surface area contributed by atoms with Crippen molar-refractivity contribution < 1.29 is 24.2 Å². The molecule has 0 aromatic heterocycles. The molecule has 2 heterocycles. The van der Waals surface area contributed by atoms with Crippen molar-refractivity contribution in [3.63, 3.8) is 0 Å². The van der Waals surface area contributed by atoms with Crippen molar-refractivity contribution >= 4 is 5.91 Å². The Labute approximate surface area is 166 Å². The van der Waals surface area contributed by atoms with Crippen molar-refractivity contribution in [1.82, 2.24) is 15.3 Å². The first kappa shape index (κ1) is 20.9. The molecule has 156 valence electrons. The topological polar surface area (TPSA) is 83.5 Å². The number of nitrogens with one attached hydrogen (secondary N) is 1. The number of carbonyl (C=O) groups is 1. The fourth-order valence-electron chi connectivity index (χ4n) is 3.47. The molecule has 1 unspecified atom stereocenters. The highest BCUT2D eigenvalue weighted by atomic mass is 16.7. The zero-order chi connectivity index (χ0) is 19.8. The number of ether oxygens (including phenoxy) is 2. The molecule has 1 amide bonds. The molecular weight excluding hydrogens is 362 g/mol. The van der Waals surface area contributed by atoms with E-state index in [1.807, 2.05) is 28.2 Å². The summed E-state index contributed by atoms with van der Waals surface area (Å²) >= 11 is 0. The molecule has 8 nitrogen and oxygen atoms in total. The van der Waals surface area contributed by atoms with Crippen LogP contribution in [0, 0.1) is 0 Å². The van der Waals surface area contributed by atoms with Gasteiger partial charge < -0.3 is 19.9 Å². The highest BCUT2D eigenvalue weighted by Crippen LogP contribution is 2.29. The number of nitrogens with zero attached hydrogens (tertiary/aromatic N) is 2. The highest BCUT2D eigenvalue weighted by molar-refractivity contribution is 5.78. The first-order valence-corrected chi connectivity index (χ1v) is 9.99. The minimum Gasteiger partial charge on any atom is -0.493 e. The van der Waals surface area contributed by atoms with Crippen molar-refractivity contribution in [3.05, 3.63) is 23.8 Å². The molecule has 2 fully saturated rings. The van der Waals surface area contributed by atoms with Crippen LogP contribution in [0.15, 0.2) is 18.2 Å². The average molecular weight is 393 g/mol. The van der Waals surface area contributed by atoms with Crippen LogP contribution in [0.1, 0.15) is 24.8 Å². The largest absolute Gasteiger partial charge is 0.493 e. The smallest absolute Gasteiger partial charge is 0.234 e. The van der Waals surface area contributed by atoms with E-state index in [1.54, 1.807) is 7.11 Å². The Balaban J connectivity index is 1.50. The zero-order valence-corrected chi connectivity index (χ0v) is 16.6. The molecule has 3 rings (SSSR count). The van der Waals surface area contributed by atoms with Crippen LogP contribution in [0.2, 0.25) is 0 Å². The van der Waals surface area contributed by atoms with Gasteiger partial charge in [-0.3, -0.25) is 14.5 Å². The summed E-state index contributed by atoms with van der Waals surface area (Å²) in [6.07, 6.45) is 2.46. The summed E-state index contributed by atoms with van der Waals surface area (Å²) in [4.78, 5) is 19.2. The molecule has 0 spiro atoms. The van der Waals surface area contributed by atoms with Crippen LogP contribution in [-0.4, -0.2) is 80.1 Å². The molecular formula is C20H31N3O5. The molecule has 1 atom stereocenters. The van der Waals surface area contributed by atoms with Crippen LogP contribution in [-0.2, 0) is 16.2 Å². The van der Waals surface area contributed by atoms with E-state index in [2.05, 4.69) is 5.32 Å². The van der Waals surface area contributed by atoms with Crippen LogP contribution in [0.4, 0.5) is 0 Å². The van der Waals surface area contributed by atoms with Gasteiger partial charge in [0.05, 0.1) is 20.3 Å². The number of amides is 1. The summed E-state index contributed by atoms with van der Waals surface area (Å²) in [6, 6.07) is 5.80. The van der Waals surface area contributed by atoms with Gasteiger partial charge in [0.2, 0.25) is 5.91 Å². The number of hydrogen-bond donors (Lipinski definition) is 2. The van der Waals surface area contributed by atoms with E-state index in [9.17, 15) is 9.90 Å². The van der Waals surface area contributed by atoms with Gasteiger partial charge in [-0.2, -0.15) is 5.06 Å². The Kier molecular flexibility index (Phi) is 7.90. The monoisotopic (exact) mass is 393 g/mol.